The molecule has 0 aliphatic heterocycles. The topological polar surface area (TPSA) is 55.4 Å². The van der Waals surface area contributed by atoms with Gasteiger partial charge in [0.2, 0.25) is 6.29 Å². The summed E-state index contributed by atoms with van der Waals surface area (Å²) in [4.78, 5) is 22.1. The van der Waals surface area contributed by atoms with Gasteiger partial charge in [0.15, 0.2) is 0 Å². The van der Waals surface area contributed by atoms with Crippen LogP contribution in [0.25, 0.3) is 0 Å². The zero-order valence-electron chi connectivity index (χ0n) is 10.5. The zero-order chi connectivity index (χ0) is 13.2. The van der Waals surface area contributed by atoms with Gasteiger partial charge in [0.05, 0.1) is 6.04 Å². The summed E-state index contributed by atoms with van der Waals surface area (Å²) in [5.41, 5.74) is 0.910. The van der Waals surface area contributed by atoms with Gasteiger partial charge < -0.3 is 10.1 Å². The largest absolute Gasteiger partial charge is 0.445 e. The second-order valence-corrected chi connectivity index (χ2v) is 4.02. The summed E-state index contributed by atoms with van der Waals surface area (Å²) >= 11 is 0. The van der Waals surface area contributed by atoms with E-state index in [1.165, 1.54) is 0 Å². The van der Waals surface area contributed by atoms with E-state index in [4.69, 9.17) is 4.74 Å². The highest BCUT2D eigenvalue weighted by molar-refractivity contribution is 5.73. The Morgan fingerprint density at radius 2 is 2.11 bits per heavy atom. The molecule has 0 fully saturated rings. The number of amides is 1. The van der Waals surface area contributed by atoms with Crippen LogP contribution >= 0.6 is 0 Å². The van der Waals surface area contributed by atoms with Gasteiger partial charge in [-0.25, -0.2) is 4.79 Å². The van der Waals surface area contributed by atoms with Crippen LogP contribution in [0.4, 0.5) is 4.79 Å². The fourth-order valence-corrected chi connectivity index (χ4v) is 1.48. The minimum atomic E-state index is -0.580. The molecule has 0 aliphatic carbocycles. The highest BCUT2D eigenvalue weighted by Gasteiger charge is 2.12. The minimum Gasteiger partial charge on any atom is -0.445 e. The molecule has 1 radical (unpaired) electrons. The Labute approximate surface area is 107 Å². The average molecular weight is 248 g/mol. The number of carbonyl (C=O) groups excluding carboxylic acids is 2. The molecule has 1 atom stereocenters. The summed E-state index contributed by atoms with van der Waals surface area (Å²) in [6, 6.07) is 8.81. The molecule has 1 aromatic rings. The number of hydrogen-bond acceptors (Lipinski definition) is 3. The highest BCUT2D eigenvalue weighted by Crippen LogP contribution is 2.02. The fourth-order valence-electron chi connectivity index (χ4n) is 1.48. The highest BCUT2D eigenvalue weighted by atomic mass is 16.5. The van der Waals surface area contributed by atoms with Crippen molar-refractivity contribution in [1.82, 2.24) is 5.32 Å². The first-order valence-corrected chi connectivity index (χ1v) is 6.11. The Hall–Kier alpha value is -1.84. The van der Waals surface area contributed by atoms with Gasteiger partial charge in [0.25, 0.3) is 0 Å². The summed E-state index contributed by atoms with van der Waals surface area (Å²) in [5.74, 6) is 0. The van der Waals surface area contributed by atoms with E-state index < -0.39 is 12.1 Å². The molecule has 0 heterocycles. The number of ether oxygens (including phenoxy) is 1. The van der Waals surface area contributed by atoms with Crippen LogP contribution in [0.5, 0.6) is 0 Å². The molecule has 97 valence electrons. The molecule has 0 unspecified atom stereocenters. The van der Waals surface area contributed by atoms with E-state index >= 15 is 0 Å². The molecule has 4 heteroatoms. The quantitative estimate of drug-likeness (QED) is 0.806. The summed E-state index contributed by atoms with van der Waals surface area (Å²) in [6.45, 7) is 2.22. The van der Waals surface area contributed by atoms with E-state index in [0.29, 0.717) is 6.42 Å². The Morgan fingerprint density at radius 1 is 1.39 bits per heavy atom. The number of hydrogen-bond donors (Lipinski definition) is 1. The standard InChI is InChI=1S/C14H18NO3/c1-2-3-9-13(10-16)15-14(17)18-11-12-7-5-4-6-8-12/h4-8,13H,2-3,9,11H2,1H3,(H,15,17)/t13-/m0/s1. The Balaban J connectivity index is 2.30. The molecule has 1 amide bonds. The van der Waals surface area contributed by atoms with Gasteiger partial charge in [0.1, 0.15) is 6.61 Å². The first-order chi connectivity index (χ1) is 8.76. The summed E-state index contributed by atoms with van der Waals surface area (Å²) < 4.78 is 5.01. The summed E-state index contributed by atoms with van der Waals surface area (Å²) in [7, 11) is 0. The first kappa shape index (κ1) is 14.2. The van der Waals surface area contributed by atoms with Crippen LogP contribution in [0.15, 0.2) is 30.3 Å². The molecule has 0 aliphatic rings. The van der Waals surface area contributed by atoms with E-state index in [9.17, 15) is 9.59 Å². The van der Waals surface area contributed by atoms with Crippen LogP contribution in [0.3, 0.4) is 0 Å². The maximum atomic E-state index is 11.4. The molecule has 0 saturated carbocycles. The van der Waals surface area contributed by atoms with Crippen LogP contribution < -0.4 is 5.32 Å². The molecule has 0 aromatic heterocycles. The lowest BCUT2D eigenvalue weighted by Crippen LogP contribution is -2.36. The van der Waals surface area contributed by atoms with Gasteiger partial charge in [0, 0.05) is 0 Å². The van der Waals surface area contributed by atoms with Crippen molar-refractivity contribution < 1.29 is 14.3 Å². The molecule has 1 N–H and O–H groups in total. The predicted octanol–water partition coefficient (Wildman–Crippen LogP) is 2.58. The van der Waals surface area contributed by atoms with Crippen molar-refractivity contribution in [2.75, 3.05) is 0 Å². The minimum absolute atomic E-state index is 0.200. The van der Waals surface area contributed by atoms with Crippen molar-refractivity contribution in [2.24, 2.45) is 0 Å². The molecule has 4 nitrogen and oxygen atoms in total. The molecule has 1 aromatic carbocycles. The number of rotatable bonds is 7. The first-order valence-electron chi connectivity index (χ1n) is 6.11. The Morgan fingerprint density at radius 3 is 2.72 bits per heavy atom. The van der Waals surface area contributed by atoms with Gasteiger partial charge in [-0.1, -0.05) is 50.1 Å². The van der Waals surface area contributed by atoms with Crippen LogP contribution in [0.2, 0.25) is 0 Å². The van der Waals surface area contributed by atoms with Crippen LogP contribution in [-0.4, -0.2) is 18.4 Å². The maximum Gasteiger partial charge on any atom is 0.408 e. The molecular formula is C14H18NO3. The monoisotopic (exact) mass is 248 g/mol. The SMILES string of the molecule is CCCC[C@@H]([C]=O)NC(=O)OCc1ccccc1. The molecule has 0 bridgehead atoms. The molecule has 18 heavy (non-hydrogen) atoms. The van der Waals surface area contributed by atoms with Crippen molar-refractivity contribution in [3.63, 3.8) is 0 Å². The second-order valence-electron chi connectivity index (χ2n) is 4.02. The fraction of sp³-hybridized carbons (Fsp3) is 0.429. The number of benzene rings is 1. The Bertz CT molecular complexity index is 365. The average Bonchev–Trinajstić information content (AvgIpc) is 2.42. The van der Waals surface area contributed by atoms with E-state index in [1.807, 2.05) is 37.3 Å². The lowest BCUT2D eigenvalue weighted by atomic mass is 10.1. The van der Waals surface area contributed by atoms with Crippen molar-refractivity contribution in [3.8, 4) is 0 Å². The molecular weight excluding hydrogens is 230 g/mol. The van der Waals surface area contributed by atoms with E-state index in [1.54, 1.807) is 6.29 Å². The summed E-state index contributed by atoms with van der Waals surface area (Å²) in [6.07, 6.45) is 3.67. The lowest BCUT2D eigenvalue weighted by Gasteiger charge is -2.11. The van der Waals surface area contributed by atoms with Crippen LogP contribution in [0, 0.1) is 0 Å². The van der Waals surface area contributed by atoms with Gasteiger partial charge in [-0.3, -0.25) is 4.79 Å². The van der Waals surface area contributed by atoms with Crippen LogP contribution in [0.1, 0.15) is 31.7 Å². The molecule has 0 spiro atoms. The maximum absolute atomic E-state index is 11.4. The smallest absolute Gasteiger partial charge is 0.408 e. The normalized spacial score (nSPS) is 11.6. The van der Waals surface area contributed by atoms with Crippen molar-refractivity contribution in [2.45, 2.75) is 38.8 Å². The van der Waals surface area contributed by atoms with Crippen molar-refractivity contribution >= 4 is 12.4 Å². The van der Waals surface area contributed by atoms with E-state index in [2.05, 4.69) is 5.32 Å². The van der Waals surface area contributed by atoms with Gasteiger partial charge in [-0.2, -0.15) is 0 Å². The number of alkyl carbamates (subject to hydrolysis) is 1. The van der Waals surface area contributed by atoms with E-state index in [-0.39, 0.29) is 6.61 Å². The molecule has 1 rings (SSSR count). The van der Waals surface area contributed by atoms with Gasteiger partial charge >= 0.3 is 6.09 Å². The van der Waals surface area contributed by atoms with E-state index in [0.717, 1.165) is 18.4 Å². The van der Waals surface area contributed by atoms with Gasteiger partial charge in [-0.05, 0) is 12.0 Å². The Kier molecular flexibility index (Phi) is 6.54. The third kappa shape index (κ3) is 5.48. The van der Waals surface area contributed by atoms with Gasteiger partial charge in [-0.15, -0.1) is 0 Å². The lowest BCUT2D eigenvalue weighted by molar-refractivity contribution is 0.137. The second kappa shape index (κ2) is 8.28. The molecule has 0 saturated heterocycles. The third-order valence-electron chi connectivity index (χ3n) is 2.49. The van der Waals surface area contributed by atoms with Crippen molar-refractivity contribution in [3.05, 3.63) is 35.9 Å². The number of unbranched alkanes of at least 4 members (excludes halogenated alkanes) is 1. The summed E-state index contributed by atoms with van der Waals surface area (Å²) in [5, 5.41) is 2.49. The van der Waals surface area contributed by atoms with Crippen molar-refractivity contribution in [1.29, 1.82) is 0 Å². The third-order valence-corrected chi connectivity index (χ3v) is 2.49. The zero-order valence-corrected chi connectivity index (χ0v) is 10.5. The van der Waals surface area contributed by atoms with Crippen LogP contribution in [-0.2, 0) is 16.1 Å². The number of carbonyl (C=O) groups is 1. The predicted molar refractivity (Wildman–Crippen MR) is 68.8 cm³/mol. The number of nitrogens with one attached hydrogen (secondary N) is 1.